The van der Waals surface area contributed by atoms with E-state index in [-0.39, 0.29) is 17.4 Å². The molecule has 5 nitrogen and oxygen atoms in total. The lowest BCUT2D eigenvalue weighted by atomic mass is 10.0. The van der Waals surface area contributed by atoms with Gasteiger partial charge in [0.2, 0.25) is 0 Å². The summed E-state index contributed by atoms with van der Waals surface area (Å²) in [7, 11) is 1.42. The van der Waals surface area contributed by atoms with E-state index in [9.17, 15) is 4.39 Å². The molecule has 2 aliphatic heterocycles. The van der Waals surface area contributed by atoms with Crippen molar-refractivity contribution in [3.63, 3.8) is 0 Å². The molecule has 23 heavy (non-hydrogen) atoms. The topological polar surface area (TPSA) is 57.5 Å². The summed E-state index contributed by atoms with van der Waals surface area (Å²) in [5.74, 6) is -0.490. The number of ether oxygens (including phenoxy) is 2. The molecule has 1 N–H and O–H groups in total. The molecule has 126 valence electrons. The Morgan fingerprint density at radius 3 is 2.91 bits per heavy atom. The van der Waals surface area contributed by atoms with Gasteiger partial charge in [0.25, 0.3) is 0 Å². The number of fused-ring (bicyclic) bond motifs is 1. The van der Waals surface area contributed by atoms with Crippen molar-refractivity contribution in [3.8, 4) is 11.8 Å². The van der Waals surface area contributed by atoms with Crippen LogP contribution >= 0.6 is 0 Å². The van der Waals surface area contributed by atoms with E-state index in [0.29, 0.717) is 24.8 Å². The summed E-state index contributed by atoms with van der Waals surface area (Å²) < 4.78 is 25.3. The van der Waals surface area contributed by atoms with Crippen molar-refractivity contribution < 1.29 is 13.9 Å². The molecule has 2 aliphatic rings. The van der Waals surface area contributed by atoms with Crippen molar-refractivity contribution in [2.45, 2.75) is 26.0 Å². The molecule has 0 spiro atoms. The second kappa shape index (κ2) is 8.25. The third kappa shape index (κ3) is 3.63. The summed E-state index contributed by atoms with van der Waals surface area (Å²) in [5, 5.41) is 12.2. The van der Waals surface area contributed by atoms with Crippen molar-refractivity contribution >= 4 is 0 Å². The van der Waals surface area contributed by atoms with Gasteiger partial charge in [-0.3, -0.25) is 4.90 Å². The third-order valence-electron chi connectivity index (χ3n) is 4.16. The number of benzene rings is 1. The van der Waals surface area contributed by atoms with Gasteiger partial charge in [-0.05, 0) is 6.07 Å². The highest BCUT2D eigenvalue weighted by Crippen LogP contribution is 2.34. The molecule has 3 rings (SSSR count). The molecule has 0 radical (unpaired) electrons. The Balaban J connectivity index is 0.000000924. The van der Waals surface area contributed by atoms with Crippen LogP contribution in [0.3, 0.4) is 0 Å². The smallest absolute Gasteiger partial charge is 0.183 e. The lowest BCUT2D eigenvalue weighted by Gasteiger charge is -2.42. The fraction of sp³-hybridized carbons (Fsp3) is 0.588. The van der Waals surface area contributed by atoms with E-state index < -0.39 is 5.82 Å². The number of hydrogen-bond donors (Lipinski definition) is 1. The lowest BCUT2D eigenvalue weighted by Crippen LogP contribution is -2.57. The summed E-state index contributed by atoms with van der Waals surface area (Å²) in [5.41, 5.74) is 0.664. The number of nitrogens with one attached hydrogen (secondary N) is 1. The van der Waals surface area contributed by atoms with Gasteiger partial charge < -0.3 is 14.8 Å². The van der Waals surface area contributed by atoms with Gasteiger partial charge >= 0.3 is 0 Å². The quantitative estimate of drug-likeness (QED) is 0.904. The van der Waals surface area contributed by atoms with Crippen LogP contribution in [-0.4, -0.2) is 50.8 Å². The van der Waals surface area contributed by atoms with Crippen LogP contribution in [0.1, 0.15) is 31.1 Å². The van der Waals surface area contributed by atoms with Crippen LogP contribution in [0.4, 0.5) is 4.39 Å². The minimum absolute atomic E-state index is 0.00791. The monoisotopic (exact) mass is 321 g/mol. The first-order valence-electron chi connectivity index (χ1n) is 8.07. The Morgan fingerprint density at radius 2 is 2.22 bits per heavy atom. The number of methoxy groups -OCH3 is 1. The predicted molar refractivity (Wildman–Crippen MR) is 85.9 cm³/mol. The number of piperazine rings is 1. The Kier molecular flexibility index (Phi) is 6.34. The van der Waals surface area contributed by atoms with Gasteiger partial charge in [-0.1, -0.05) is 19.9 Å². The number of nitriles is 1. The first-order chi connectivity index (χ1) is 11.2. The predicted octanol–water partition coefficient (Wildman–Crippen LogP) is 2.08. The van der Waals surface area contributed by atoms with Crippen molar-refractivity contribution in [1.82, 2.24) is 10.2 Å². The highest BCUT2D eigenvalue weighted by Gasteiger charge is 2.33. The summed E-state index contributed by atoms with van der Waals surface area (Å²) in [6.07, 6.45) is -0.225. The van der Waals surface area contributed by atoms with E-state index in [2.05, 4.69) is 10.2 Å². The van der Waals surface area contributed by atoms with Gasteiger partial charge in [-0.15, -0.1) is 0 Å². The first kappa shape index (κ1) is 17.7. The van der Waals surface area contributed by atoms with Crippen LogP contribution in [-0.2, 0) is 4.74 Å². The highest BCUT2D eigenvalue weighted by molar-refractivity contribution is 5.45. The maximum absolute atomic E-state index is 14.2. The molecule has 1 aromatic carbocycles. The van der Waals surface area contributed by atoms with Gasteiger partial charge in [0.15, 0.2) is 11.6 Å². The number of nitrogens with zero attached hydrogens (tertiary/aromatic N) is 2. The van der Waals surface area contributed by atoms with Crippen LogP contribution in [0.15, 0.2) is 12.1 Å². The van der Waals surface area contributed by atoms with Gasteiger partial charge in [0.05, 0.1) is 25.4 Å². The van der Waals surface area contributed by atoms with Crippen molar-refractivity contribution in [1.29, 1.82) is 5.26 Å². The van der Waals surface area contributed by atoms with Crippen molar-refractivity contribution in [2.75, 3.05) is 39.9 Å². The zero-order valence-electron chi connectivity index (χ0n) is 13.9. The number of hydrogen-bond acceptors (Lipinski definition) is 5. The Hall–Kier alpha value is -1.68. The van der Waals surface area contributed by atoms with E-state index in [1.165, 1.54) is 13.2 Å². The lowest BCUT2D eigenvalue weighted by molar-refractivity contribution is -0.0725. The normalized spacial score (nSPS) is 24.0. The largest absolute Gasteiger partial charge is 0.493 e. The maximum atomic E-state index is 14.2. The highest BCUT2D eigenvalue weighted by atomic mass is 19.1. The molecule has 1 aromatic rings. The van der Waals surface area contributed by atoms with Crippen molar-refractivity contribution in [2.24, 2.45) is 0 Å². The van der Waals surface area contributed by atoms with E-state index in [1.807, 2.05) is 19.9 Å². The molecule has 0 saturated carbocycles. The molecule has 2 unspecified atom stereocenters. The Labute approximate surface area is 137 Å². The van der Waals surface area contributed by atoms with Crippen LogP contribution in [0.2, 0.25) is 0 Å². The second-order valence-corrected chi connectivity index (χ2v) is 5.34. The molecule has 0 bridgehead atoms. The average molecular weight is 321 g/mol. The summed E-state index contributed by atoms with van der Waals surface area (Å²) in [6, 6.07) is 5.43. The van der Waals surface area contributed by atoms with Gasteiger partial charge in [-0.2, -0.15) is 5.26 Å². The standard InChI is InChI=1S/C15H18FN3O2.C2H6/c1-20-15-12(3-2-10(6-17)14(15)16)13-8-19-5-4-18-7-11(19)9-21-13;1-2/h2-3,11,13,18H,4-5,7-9H2,1H3;1-2H3. The average Bonchev–Trinajstić information content (AvgIpc) is 2.62. The third-order valence-corrected chi connectivity index (χ3v) is 4.16. The molecule has 6 heteroatoms. The van der Waals surface area contributed by atoms with E-state index in [4.69, 9.17) is 14.7 Å². The fourth-order valence-electron chi connectivity index (χ4n) is 3.01. The molecule has 0 aromatic heterocycles. The molecular formula is C17H24FN3O2. The molecule has 2 heterocycles. The van der Waals surface area contributed by atoms with E-state index >= 15 is 0 Å². The van der Waals surface area contributed by atoms with Gasteiger partial charge in [-0.25, -0.2) is 4.39 Å². The second-order valence-electron chi connectivity index (χ2n) is 5.34. The van der Waals surface area contributed by atoms with Gasteiger partial charge in [0.1, 0.15) is 6.07 Å². The molecule has 2 fully saturated rings. The van der Waals surface area contributed by atoms with Crippen LogP contribution in [0.5, 0.6) is 5.75 Å². The number of morpholine rings is 1. The van der Waals surface area contributed by atoms with Crippen molar-refractivity contribution in [3.05, 3.63) is 29.1 Å². The zero-order chi connectivity index (χ0) is 16.8. The van der Waals surface area contributed by atoms with E-state index in [1.54, 1.807) is 6.07 Å². The Bertz CT molecular complexity index is 574. The molecule has 2 atom stereocenters. The fourth-order valence-corrected chi connectivity index (χ4v) is 3.01. The summed E-state index contributed by atoms with van der Waals surface area (Å²) in [6.45, 7) is 8.18. The molecule has 0 aliphatic carbocycles. The minimum Gasteiger partial charge on any atom is -0.493 e. The Morgan fingerprint density at radius 1 is 1.43 bits per heavy atom. The van der Waals surface area contributed by atoms with Crippen LogP contribution in [0, 0.1) is 17.1 Å². The van der Waals surface area contributed by atoms with E-state index in [0.717, 1.165) is 19.6 Å². The summed E-state index contributed by atoms with van der Waals surface area (Å²) in [4.78, 5) is 2.36. The minimum atomic E-state index is -0.608. The SMILES string of the molecule is CC.COc1c(C2CN3CCNCC3CO2)ccc(C#N)c1F. The number of halogens is 1. The molecule has 0 amide bonds. The first-order valence-corrected chi connectivity index (χ1v) is 8.07. The molecular weight excluding hydrogens is 297 g/mol. The summed E-state index contributed by atoms with van der Waals surface area (Å²) >= 11 is 0. The maximum Gasteiger partial charge on any atom is 0.183 e. The van der Waals surface area contributed by atoms with Crippen LogP contribution in [0.25, 0.3) is 0 Å². The number of rotatable bonds is 2. The van der Waals surface area contributed by atoms with Crippen LogP contribution < -0.4 is 10.1 Å². The zero-order valence-corrected chi connectivity index (χ0v) is 13.9. The van der Waals surface area contributed by atoms with Gasteiger partial charge in [0, 0.05) is 37.8 Å². The molecule has 2 saturated heterocycles.